The number of fused-ring (bicyclic) bond motifs is 1. The van der Waals surface area contributed by atoms with E-state index in [1.54, 1.807) is 0 Å². The Kier molecular flexibility index (Phi) is 3.91. The number of amides is 2. The fourth-order valence-electron chi connectivity index (χ4n) is 4.25. The van der Waals surface area contributed by atoms with Gasteiger partial charge in [0.1, 0.15) is 0 Å². The van der Waals surface area contributed by atoms with Gasteiger partial charge in [-0.2, -0.15) is 0 Å². The molecule has 3 fully saturated rings. The van der Waals surface area contributed by atoms with Gasteiger partial charge in [-0.3, -0.25) is 24.7 Å². The number of likely N-dealkylation sites (tertiary alicyclic amines) is 2. The monoisotopic (exact) mass is 313 g/mol. The highest BCUT2D eigenvalue weighted by Gasteiger charge is 2.49. The number of imide groups is 1. The summed E-state index contributed by atoms with van der Waals surface area (Å²) >= 11 is 0. The summed E-state index contributed by atoms with van der Waals surface area (Å²) in [7, 11) is 0. The number of benzene rings is 1. The zero-order chi connectivity index (χ0) is 15.8. The van der Waals surface area contributed by atoms with Crippen molar-refractivity contribution in [3.63, 3.8) is 0 Å². The van der Waals surface area contributed by atoms with E-state index >= 15 is 0 Å². The summed E-state index contributed by atoms with van der Waals surface area (Å²) in [6, 6.07) is 11.1. The molecular weight excluding hydrogens is 290 g/mol. The van der Waals surface area contributed by atoms with Crippen LogP contribution in [0.1, 0.15) is 18.4 Å². The first kappa shape index (κ1) is 14.8. The summed E-state index contributed by atoms with van der Waals surface area (Å²) in [5.41, 5.74) is 1.36. The first-order valence-electron chi connectivity index (χ1n) is 8.56. The Bertz CT molecular complexity index is 574. The van der Waals surface area contributed by atoms with Crippen LogP contribution in [0.2, 0.25) is 0 Å². The lowest BCUT2D eigenvalue weighted by Crippen LogP contribution is -2.45. The Morgan fingerprint density at radius 2 is 1.57 bits per heavy atom. The third-order valence-electron chi connectivity index (χ3n) is 5.59. The minimum Gasteiger partial charge on any atom is -0.299 e. The lowest BCUT2D eigenvalue weighted by molar-refractivity contribution is -0.126. The van der Waals surface area contributed by atoms with Gasteiger partial charge in [0.25, 0.3) is 0 Å². The first-order chi connectivity index (χ1) is 11.2. The molecule has 0 unspecified atom stereocenters. The van der Waals surface area contributed by atoms with E-state index in [4.69, 9.17) is 0 Å². The van der Waals surface area contributed by atoms with Gasteiger partial charge in [0.2, 0.25) is 11.8 Å². The second-order valence-corrected chi connectivity index (χ2v) is 7.01. The molecule has 0 aliphatic carbocycles. The molecule has 3 heterocycles. The lowest BCUT2D eigenvalue weighted by atomic mass is 10.00. The summed E-state index contributed by atoms with van der Waals surface area (Å²) in [5, 5.41) is 2.46. The van der Waals surface area contributed by atoms with Gasteiger partial charge in [-0.15, -0.1) is 0 Å². The molecule has 1 aromatic rings. The Morgan fingerprint density at radius 1 is 0.957 bits per heavy atom. The zero-order valence-electron chi connectivity index (χ0n) is 13.3. The van der Waals surface area contributed by atoms with E-state index in [2.05, 4.69) is 45.4 Å². The van der Waals surface area contributed by atoms with E-state index < -0.39 is 0 Å². The van der Waals surface area contributed by atoms with Crippen molar-refractivity contribution in [1.29, 1.82) is 0 Å². The van der Waals surface area contributed by atoms with E-state index in [9.17, 15) is 9.59 Å². The number of carbonyl (C=O) groups excluding carboxylic acids is 2. The number of piperidine rings is 1. The van der Waals surface area contributed by atoms with Crippen molar-refractivity contribution in [3.8, 4) is 0 Å². The van der Waals surface area contributed by atoms with Crippen LogP contribution in [0.25, 0.3) is 0 Å². The molecule has 0 aromatic heterocycles. The second kappa shape index (κ2) is 6.06. The molecule has 0 bridgehead atoms. The average molecular weight is 313 g/mol. The van der Waals surface area contributed by atoms with Crippen molar-refractivity contribution in [1.82, 2.24) is 15.1 Å². The molecule has 4 rings (SSSR count). The van der Waals surface area contributed by atoms with E-state index in [-0.39, 0.29) is 23.7 Å². The average Bonchev–Trinajstić information content (AvgIpc) is 3.11. The van der Waals surface area contributed by atoms with Gasteiger partial charge in [-0.25, -0.2) is 0 Å². The van der Waals surface area contributed by atoms with Gasteiger partial charge in [0, 0.05) is 25.7 Å². The molecule has 3 saturated heterocycles. The van der Waals surface area contributed by atoms with Gasteiger partial charge in [0.05, 0.1) is 11.8 Å². The maximum Gasteiger partial charge on any atom is 0.231 e. The molecule has 5 heteroatoms. The summed E-state index contributed by atoms with van der Waals surface area (Å²) in [4.78, 5) is 28.4. The van der Waals surface area contributed by atoms with Crippen molar-refractivity contribution < 1.29 is 9.59 Å². The summed E-state index contributed by atoms with van der Waals surface area (Å²) in [6.07, 6.45) is 2.25. The van der Waals surface area contributed by atoms with E-state index in [0.29, 0.717) is 6.04 Å². The van der Waals surface area contributed by atoms with Crippen LogP contribution in [0.3, 0.4) is 0 Å². The maximum absolute atomic E-state index is 11.8. The quantitative estimate of drug-likeness (QED) is 0.841. The van der Waals surface area contributed by atoms with Crippen LogP contribution in [-0.4, -0.2) is 53.8 Å². The number of carbonyl (C=O) groups is 2. The third-order valence-corrected chi connectivity index (χ3v) is 5.59. The summed E-state index contributed by atoms with van der Waals surface area (Å²) < 4.78 is 0. The van der Waals surface area contributed by atoms with Crippen molar-refractivity contribution in [2.24, 2.45) is 11.8 Å². The topological polar surface area (TPSA) is 52.7 Å². The van der Waals surface area contributed by atoms with Crippen LogP contribution in [0, 0.1) is 11.8 Å². The van der Waals surface area contributed by atoms with Gasteiger partial charge in [-0.05, 0) is 31.5 Å². The number of hydrogen-bond donors (Lipinski definition) is 1. The zero-order valence-corrected chi connectivity index (χ0v) is 13.3. The van der Waals surface area contributed by atoms with Crippen molar-refractivity contribution in [3.05, 3.63) is 35.9 Å². The van der Waals surface area contributed by atoms with Crippen LogP contribution < -0.4 is 5.32 Å². The molecule has 23 heavy (non-hydrogen) atoms. The van der Waals surface area contributed by atoms with Gasteiger partial charge in [-0.1, -0.05) is 30.3 Å². The Hall–Kier alpha value is -1.72. The molecule has 1 N–H and O–H groups in total. The third kappa shape index (κ3) is 2.91. The summed E-state index contributed by atoms with van der Waals surface area (Å²) in [6.45, 7) is 4.70. The van der Waals surface area contributed by atoms with E-state index in [1.807, 2.05) is 0 Å². The maximum atomic E-state index is 11.8. The molecule has 2 atom stereocenters. The second-order valence-electron chi connectivity index (χ2n) is 7.01. The van der Waals surface area contributed by atoms with Crippen LogP contribution in [-0.2, 0) is 16.1 Å². The Labute approximate surface area is 136 Å². The van der Waals surface area contributed by atoms with Crippen LogP contribution >= 0.6 is 0 Å². The van der Waals surface area contributed by atoms with Gasteiger partial charge < -0.3 is 0 Å². The van der Waals surface area contributed by atoms with Gasteiger partial charge in [0.15, 0.2) is 0 Å². The lowest BCUT2D eigenvalue weighted by Gasteiger charge is -2.37. The number of hydrogen-bond acceptors (Lipinski definition) is 4. The van der Waals surface area contributed by atoms with E-state index in [0.717, 1.165) is 45.6 Å². The van der Waals surface area contributed by atoms with Crippen molar-refractivity contribution in [2.75, 3.05) is 26.2 Å². The van der Waals surface area contributed by atoms with Crippen LogP contribution in [0.5, 0.6) is 0 Å². The molecule has 3 aliphatic heterocycles. The highest BCUT2D eigenvalue weighted by atomic mass is 16.2. The summed E-state index contributed by atoms with van der Waals surface area (Å²) in [5.74, 6) is -0.345. The smallest absolute Gasteiger partial charge is 0.231 e. The largest absolute Gasteiger partial charge is 0.299 e. The molecule has 2 amide bonds. The molecule has 122 valence electrons. The van der Waals surface area contributed by atoms with Crippen molar-refractivity contribution >= 4 is 11.8 Å². The Morgan fingerprint density at radius 3 is 2.17 bits per heavy atom. The fraction of sp³-hybridized carbons (Fsp3) is 0.556. The molecule has 0 saturated carbocycles. The minimum absolute atomic E-state index is 0.0657. The van der Waals surface area contributed by atoms with Gasteiger partial charge >= 0.3 is 0 Å². The number of rotatable bonds is 3. The predicted octanol–water partition coefficient (Wildman–Crippen LogP) is 0.855. The highest BCUT2D eigenvalue weighted by molar-refractivity contribution is 6.05. The standard InChI is InChI=1S/C18H23N3O2/c22-17-15-11-21(12-16(15)18(23)19-17)14-6-8-20(9-7-14)10-13-4-2-1-3-5-13/h1-5,14-16H,6-12H2,(H,19,22,23)/t15-,16+. The van der Waals surface area contributed by atoms with E-state index in [1.165, 1.54) is 5.56 Å². The fourth-order valence-corrected chi connectivity index (χ4v) is 4.25. The Balaban J connectivity index is 1.31. The van der Waals surface area contributed by atoms with Crippen molar-refractivity contribution in [2.45, 2.75) is 25.4 Å². The molecule has 5 nitrogen and oxygen atoms in total. The SMILES string of the molecule is O=C1NC(=O)[C@@H]2CN(C3CCN(Cc4ccccc4)CC3)C[C@H]12. The molecule has 1 aromatic carbocycles. The highest BCUT2D eigenvalue weighted by Crippen LogP contribution is 2.32. The molecule has 3 aliphatic rings. The predicted molar refractivity (Wildman–Crippen MR) is 86.4 cm³/mol. The molecule has 0 radical (unpaired) electrons. The first-order valence-corrected chi connectivity index (χ1v) is 8.56. The molecule has 0 spiro atoms. The van der Waals surface area contributed by atoms with Crippen LogP contribution in [0.4, 0.5) is 0 Å². The number of nitrogens with zero attached hydrogens (tertiary/aromatic N) is 2. The normalized spacial score (nSPS) is 29.7. The minimum atomic E-state index is -0.107. The number of nitrogens with one attached hydrogen (secondary N) is 1. The van der Waals surface area contributed by atoms with Crippen LogP contribution in [0.15, 0.2) is 30.3 Å². The molecular formula is C18H23N3O2.